The van der Waals surface area contributed by atoms with Crippen molar-refractivity contribution in [3.05, 3.63) is 42.7 Å². The van der Waals surface area contributed by atoms with Crippen LogP contribution in [0.2, 0.25) is 0 Å². The maximum Gasteiger partial charge on any atom is 0.288 e. The Kier molecular flexibility index (Phi) is 4.57. The summed E-state index contributed by atoms with van der Waals surface area (Å²) < 4.78 is 4.70. The first-order chi connectivity index (χ1) is 8.86. The van der Waals surface area contributed by atoms with E-state index < -0.39 is 0 Å². The Morgan fingerprint density at radius 2 is 1.83 bits per heavy atom. The van der Waals surface area contributed by atoms with Crippen molar-refractivity contribution < 1.29 is 4.57 Å². The minimum atomic E-state index is 1.02. The molecule has 0 saturated heterocycles. The zero-order valence-corrected chi connectivity index (χ0v) is 11.5. The molecule has 2 heteroatoms. The maximum absolute atomic E-state index is 2.38. The van der Waals surface area contributed by atoms with E-state index >= 15 is 0 Å². The lowest BCUT2D eigenvalue weighted by Gasteiger charge is -2.04. The van der Waals surface area contributed by atoms with E-state index in [1.807, 2.05) is 0 Å². The van der Waals surface area contributed by atoms with Crippen molar-refractivity contribution in [2.75, 3.05) is 0 Å². The third kappa shape index (κ3) is 2.81. The van der Waals surface area contributed by atoms with Gasteiger partial charge in [0.1, 0.15) is 12.4 Å². The van der Waals surface area contributed by atoms with E-state index in [-0.39, 0.29) is 0 Å². The Morgan fingerprint density at radius 3 is 2.50 bits per heavy atom. The molecule has 0 radical (unpaired) electrons. The summed E-state index contributed by atoms with van der Waals surface area (Å²) in [5.74, 6) is 1.33. The maximum atomic E-state index is 2.38. The lowest BCUT2D eigenvalue weighted by atomic mass is 10.2. The highest BCUT2D eigenvalue weighted by Gasteiger charge is 2.17. The number of benzene rings is 1. The zero-order valence-electron chi connectivity index (χ0n) is 11.5. The molecule has 0 N–H and O–H groups in total. The van der Waals surface area contributed by atoms with Crippen molar-refractivity contribution in [1.82, 2.24) is 4.57 Å². The molecule has 0 unspecified atom stereocenters. The van der Waals surface area contributed by atoms with Gasteiger partial charge in [-0.25, -0.2) is 9.13 Å². The Hall–Kier alpha value is -1.57. The van der Waals surface area contributed by atoms with E-state index in [9.17, 15) is 0 Å². The van der Waals surface area contributed by atoms with Gasteiger partial charge in [-0.3, -0.25) is 0 Å². The van der Waals surface area contributed by atoms with Crippen LogP contribution < -0.4 is 4.57 Å². The Bertz CT molecular complexity index is 471. The van der Waals surface area contributed by atoms with Crippen LogP contribution >= 0.6 is 0 Å². The standard InChI is InChI=1S/C16H23N2/c1-3-5-9-12-18-14-13-17(4-2)16(18)15-10-7-6-8-11-15/h6-8,10-11,13-14H,3-5,9,12H2,1-2H3/q+1. The summed E-state index contributed by atoms with van der Waals surface area (Å²) in [5, 5.41) is 0. The van der Waals surface area contributed by atoms with Crippen molar-refractivity contribution in [3.63, 3.8) is 0 Å². The Balaban J connectivity index is 2.28. The molecule has 0 aliphatic carbocycles. The van der Waals surface area contributed by atoms with Crippen molar-refractivity contribution in [3.8, 4) is 11.4 Å². The molecule has 0 atom stereocenters. The molecule has 0 aliphatic rings. The smallest absolute Gasteiger partial charge is 0.230 e. The predicted molar refractivity (Wildman–Crippen MR) is 75.3 cm³/mol. The van der Waals surface area contributed by atoms with E-state index in [1.54, 1.807) is 0 Å². The average molecular weight is 243 g/mol. The second-order valence-corrected chi connectivity index (χ2v) is 4.67. The second-order valence-electron chi connectivity index (χ2n) is 4.67. The van der Waals surface area contributed by atoms with Gasteiger partial charge in [0.05, 0.1) is 18.7 Å². The largest absolute Gasteiger partial charge is 0.288 e. The SMILES string of the molecule is CCCCC[n+]1ccn(CC)c1-c1ccccc1. The van der Waals surface area contributed by atoms with Gasteiger partial charge in [0.25, 0.3) is 5.82 Å². The first-order valence-corrected chi connectivity index (χ1v) is 7.00. The van der Waals surface area contributed by atoms with Crippen LogP contribution in [-0.4, -0.2) is 4.57 Å². The molecule has 96 valence electrons. The molecule has 2 aromatic rings. The van der Waals surface area contributed by atoms with E-state index in [4.69, 9.17) is 0 Å². The van der Waals surface area contributed by atoms with Gasteiger partial charge in [-0.2, -0.15) is 0 Å². The molecule has 0 aliphatic heterocycles. The first-order valence-electron chi connectivity index (χ1n) is 7.00. The third-order valence-corrected chi connectivity index (χ3v) is 3.35. The fourth-order valence-electron chi connectivity index (χ4n) is 2.35. The molecule has 1 heterocycles. The van der Waals surface area contributed by atoms with Gasteiger partial charge >= 0.3 is 0 Å². The van der Waals surface area contributed by atoms with Crippen LogP contribution in [0.5, 0.6) is 0 Å². The molecule has 0 saturated carbocycles. The molecule has 18 heavy (non-hydrogen) atoms. The highest BCUT2D eigenvalue weighted by atomic mass is 15.1. The molecule has 0 amide bonds. The van der Waals surface area contributed by atoms with Crippen LogP contribution in [0.1, 0.15) is 33.1 Å². The summed E-state index contributed by atoms with van der Waals surface area (Å²) in [6.07, 6.45) is 8.23. The van der Waals surface area contributed by atoms with Gasteiger partial charge in [-0.1, -0.05) is 31.5 Å². The lowest BCUT2D eigenvalue weighted by molar-refractivity contribution is -0.686. The first kappa shape index (κ1) is 12.9. The highest BCUT2D eigenvalue weighted by molar-refractivity contribution is 5.52. The number of hydrogen-bond acceptors (Lipinski definition) is 0. The van der Waals surface area contributed by atoms with E-state index in [2.05, 4.69) is 65.7 Å². The fourth-order valence-corrected chi connectivity index (χ4v) is 2.35. The Morgan fingerprint density at radius 1 is 1.06 bits per heavy atom. The highest BCUT2D eigenvalue weighted by Crippen LogP contribution is 2.15. The van der Waals surface area contributed by atoms with Crippen LogP contribution in [0.4, 0.5) is 0 Å². The lowest BCUT2D eigenvalue weighted by Crippen LogP contribution is -2.34. The number of rotatable bonds is 6. The molecule has 0 fully saturated rings. The van der Waals surface area contributed by atoms with Crippen LogP contribution in [0.3, 0.4) is 0 Å². The Labute approximate surface area is 110 Å². The summed E-state index contributed by atoms with van der Waals surface area (Å²) in [6, 6.07) is 10.7. The monoisotopic (exact) mass is 243 g/mol. The minimum absolute atomic E-state index is 1.02. The number of hydrogen-bond donors (Lipinski definition) is 0. The van der Waals surface area contributed by atoms with Gasteiger partial charge in [0.15, 0.2) is 0 Å². The number of unbranched alkanes of at least 4 members (excludes halogenated alkanes) is 2. The molecule has 2 rings (SSSR count). The minimum Gasteiger partial charge on any atom is -0.230 e. The van der Waals surface area contributed by atoms with Gasteiger partial charge in [-0.05, 0) is 31.9 Å². The molecule has 2 nitrogen and oxygen atoms in total. The van der Waals surface area contributed by atoms with Crippen molar-refractivity contribution in [1.29, 1.82) is 0 Å². The summed E-state index contributed by atoms with van der Waals surface area (Å²) in [4.78, 5) is 0. The number of aryl methyl sites for hydroxylation is 2. The van der Waals surface area contributed by atoms with Gasteiger partial charge in [0.2, 0.25) is 0 Å². The fraction of sp³-hybridized carbons (Fsp3) is 0.438. The number of imidazole rings is 1. The molecule has 1 aromatic heterocycles. The van der Waals surface area contributed by atoms with Crippen molar-refractivity contribution in [2.45, 2.75) is 46.2 Å². The molecular formula is C16H23N2+. The summed E-state index contributed by atoms with van der Waals surface area (Å²) in [6.45, 7) is 6.58. The number of aromatic nitrogens is 2. The molecule has 0 bridgehead atoms. The van der Waals surface area contributed by atoms with E-state index in [0.717, 1.165) is 13.1 Å². The van der Waals surface area contributed by atoms with E-state index in [1.165, 1.54) is 30.7 Å². The summed E-state index contributed by atoms with van der Waals surface area (Å²) in [5.41, 5.74) is 1.31. The van der Waals surface area contributed by atoms with Crippen LogP contribution in [-0.2, 0) is 13.1 Å². The second kappa shape index (κ2) is 6.39. The average Bonchev–Trinajstić information content (AvgIpc) is 2.83. The van der Waals surface area contributed by atoms with Gasteiger partial charge in [0, 0.05) is 0 Å². The van der Waals surface area contributed by atoms with Crippen molar-refractivity contribution >= 4 is 0 Å². The van der Waals surface area contributed by atoms with Crippen LogP contribution in [0.15, 0.2) is 42.7 Å². The number of nitrogens with zero attached hydrogens (tertiary/aromatic N) is 2. The summed E-state index contributed by atoms with van der Waals surface area (Å²) >= 11 is 0. The van der Waals surface area contributed by atoms with Gasteiger partial charge < -0.3 is 0 Å². The molecule has 1 aromatic carbocycles. The van der Waals surface area contributed by atoms with Gasteiger partial charge in [-0.15, -0.1) is 0 Å². The quantitative estimate of drug-likeness (QED) is 0.541. The van der Waals surface area contributed by atoms with E-state index in [0.29, 0.717) is 0 Å². The van der Waals surface area contributed by atoms with Crippen LogP contribution in [0.25, 0.3) is 11.4 Å². The van der Waals surface area contributed by atoms with Crippen LogP contribution in [0, 0.1) is 0 Å². The molecule has 0 spiro atoms. The topological polar surface area (TPSA) is 8.81 Å². The zero-order chi connectivity index (χ0) is 12.8. The van der Waals surface area contributed by atoms with Crippen molar-refractivity contribution in [2.24, 2.45) is 0 Å². The molecular weight excluding hydrogens is 220 g/mol. The summed E-state index contributed by atoms with van der Waals surface area (Å²) in [7, 11) is 0. The predicted octanol–water partition coefficient (Wildman–Crippen LogP) is 3.65. The normalized spacial score (nSPS) is 10.8. The third-order valence-electron chi connectivity index (χ3n) is 3.35.